The molecule has 2 rings (SSSR count). The molecule has 0 aliphatic carbocycles. The Balaban J connectivity index is 0.00000268. The summed E-state index contributed by atoms with van der Waals surface area (Å²) in [6, 6.07) is 9.60. The van der Waals surface area contributed by atoms with Crippen molar-refractivity contribution in [2.45, 2.75) is 136 Å². The molecule has 0 saturated carbocycles. The molecule has 1 aromatic rings. The van der Waals surface area contributed by atoms with Crippen LogP contribution >= 0.6 is 0 Å². The predicted octanol–water partition coefficient (Wildman–Crippen LogP) is 6.47. The second-order valence-corrected chi connectivity index (χ2v) is 14.7. The molecule has 0 aromatic heterocycles. The van der Waals surface area contributed by atoms with E-state index in [-0.39, 0.29) is 50.5 Å². The largest absolute Gasteiger partial charge is 0.481 e. The number of hydrogen-bond acceptors (Lipinski definition) is 14. The minimum absolute atomic E-state index is 0.00665. The zero-order chi connectivity index (χ0) is 45.0. The molecule has 1 fully saturated rings. The quantitative estimate of drug-likeness (QED) is 0.0524. The number of rotatable bonds is 23. The number of benzene rings is 1. The smallest absolute Gasteiger partial charge is 0.330 e. The van der Waals surface area contributed by atoms with Gasteiger partial charge in [0.15, 0.2) is 5.79 Å². The highest BCUT2D eigenvalue weighted by atomic mass is 16.7. The van der Waals surface area contributed by atoms with E-state index in [2.05, 4.69) is 23.0 Å². The molecule has 0 amide bonds. The molecular formula is C44H68O15. The summed E-state index contributed by atoms with van der Waals surface area (Å²) in [5.41, 5.74) is 0.417. The minimum atomic E-state index is -1.59. The van der Waals surface area contributed by atoms with Crippen molar-refractivity contribution >= 4 is 35.6 Å². The zero-order valence-corrected chi connectivity index (χ0v) is 36.5. The van der Waals surface area contributed by atoms with Gasteiger partial charge in [-0.3, -0.25) is 19.2 Å². The van der Waals surface area contributed by atoms with Gasteiger partial charge in [0.2, 0.25) is 0 Å². The lowest BCUT2D eigenvalue weighted by Crippen LogP contribution is -2.61. The summed E-state index contributed by atoms with van der Waals surface area (Å²) in [6.45, 7) is 12.0. The van der Waals surface area contributed by atoms with Gasteiger partial charge >= 0.3 is 29.8 Å². The number of carbonyl (C=O) groups is 6. The highest BCUT2D eigenvalue weighted by molar-refractivity contribution is 5.84. The van der Waals surface area contributed by atoms with Crippen LogP contribution in [0.5, 0.6) is 0 Å². The molecular weight excluding hydrogens is 768 g/mol. The number of aliphatic carboxylic acids is 1. The van der Waals surface area contributed by atoms with Crippen LogP contribution in [0.15, 0.2) is 54.6 Å². The molecule has 15 heteroatoms. The number of ketones is 1. The van der Waals surface area contributed by atoms with E-state index >= 15 is 0 Å². The maximum atomic E-state index is 13.5. The molecule has 1 aromatic carbocycles. The van der Waals surface area contributed by atoms with E-state index in [4.69, 9.17) is 28.8 Å². The summed E-state index contributed by atoms with van der Waals surface area (Å²) in [5, 5.41) is 20.2. The first-order valence-electron chi connectivity index (χ1n) is 19.9. The van der Waals surface area contributed by atoms with Gasteiger partial charge in [0.05, 0.1) is 64.5 Å². The van der Waals surface area contributed by atoms with Crippen molar-refractivity contribution < 1.29 is 72.1 Å². The van der Waals surface area contributed by atoms with Gasteiger partial charge in [0, 0.05) is 51.4 Å². The number of aliphatic hydroxyl groups excluding tert-OH is 1. The van der Waals surface area contributed by atoms with E-state index < -0.39 is 59.3 Å². The average molecular weight is 837 g/mol. The SMILES string of the molecule is C=CC(=O)OC.CCCCCCCC(=O)C[C@H]1/C(=C/C(=O)OC)C[C@@H](C[C@@H](O)[C@@H](C)OCc2ccccc2)O[C@@]1(OC)C(C)(C)COC(=O)CCC(=O)O.COC(C)=O. The first-order chi connectivity index (χ1) is 27.9. The van der Waals surface area contributed by atoms with Crippen LogP contribution in [0.4, 0.5) is 0 Å². The molecule has 1 saturated heterocycles. The van der Waals surface area contributed by atoms with Crippen LogP contribution in [0.2, 0.25) is 0 Å². The number of ether oxygens (including phenoxy) is 7. The van der Waals surface area contributed by atoms with E-state index in [0.29, 0.717) is 18.6 Å². The van der Waals surface area contributed by atoms with Crippen LogP contribution in [0.25, 0.3) is 0 Å². The third kappa shape index (κ3) is 21.4. The van der Waals surface area contributed by atoms with Crippen LogP contribution in [0, 0.1) is 11.3 Å². The molecule has 1 aliphatic rings. The topological polar surface area (TPSA) is 207 Å². The summed E-state index contributed by atoms with van der Waals surface area (Å²) in [5.74, 6) is -5.43. The highest BCUT2D eigenvalue weighted by Crippen LogP contribution is 2.51. The molecule has 15 nitrogen and oxygen atoms in total. The molecule has 2 N–H and O–H groups in total. The van der Waals surface area contributed by atoms with Crippen molar-refractivity contribution in [3.05, 3.63) is 60.2 Å². The minimum Gasteiger partial charge on any atom is -0.481 e. The third-order valence-corrected chi connectivity index (χ3v) is 9.65. The Labute approximate surface area is 349 Å². The van der Waals surface area contributed by atoms with Gasteiger partial charge in [-0.25, -0.2) is 9.59 Å². The lowest BCUT2D eigenvalue weighted by atomic mass is 9.68. The standard InChI is InChI=1S/C37H56O11.C4H6O2.C3H6O2/c1-7-8-9-10-14-17-29(38)22-31-28(21-35(43)44-5)20-30(23-32(39)26(2)46-24-27-15-12-11-13-16-27)48-37(31,45-6)36(3,4)25-47-34(42)19-18-33(40)41;1-3-4(5)6-2;1-3(4)5-2/h11-13,15-16,21,26,30-32,39H,7-10,14,17-20,22-25H2,1-6H3,(H,40,41);3H,1H2,2H3;1-2H3/b28-21+;;/t26-,30+,31+,32-,37-;;/m1../s1. The number of carbonyl (C=O) groups excluding carboxylic acids is 5. The first kappa shape index (κ1) is 54.6. The summed E-state index contributed by atoms with van der Waals surface area (Å²) in [4.78, 5) is 69.1. The van der Waals surface area contributed by atoms with Gasteiger partial charge in [-0.15, -0.1) is 0 Å². The zero-order valence-electron chi connectivity index (χ0n) is 36.5. The van der Waals surface area contributed by atoms with Gasteiger partial charge < -0.3 is 43.4 Å². The van der Waals surface area contributed by atoms with Crippen LogP contribution in [-0.4, -0.2) is 105 Å². The number of aliphatic hydroxyl groups is 1. The van der Waals surface area contributed by atoms with Crippen LogP contribution in [0.3, 0.4) is 0 Å². The Morgan fingerprint density at radius 1 is 0.932 bits per heavy atom. The number of methoxy groups -OCH3 is 4. The van der Waals surface area contributed by atoms with E-state index in [1.165, 1.54) is 41.4 Å². The number of esters is 4. The normalized spacial score (nSPS) is 19.0. The van der Waals surface area contributed by atoms with E-state index in [0.717, 1.165) is 43.7 Å². The van der Waals surface area contributed by atoms with Crippen molar-refractivity contribution in [2.24, 2.45) is 11.3 Å². The van der Waals surface area contributed by atoms with Gasteiger partial charge in [0.1, 0.15) is 12.4 Å². The van der Waals surface area contributed by atoms with Gasteiger partial charge in [0.25, 0.3) is 0 Å². The fourth-order valence-corrected chi connectivity index (χ4v) is 6.24. The van der Waals surface area contributed by atoms with Crippen molar-refractivity contribution in [1.29, 1.82) is 0 Å². The Hall–Kier alpha value is -4.44. The molecule has 1 heterocycles. The number of unbranched alkanes of at least 4 members (excludes halogenated alkanes) is 4. The molecule has 0 unspecified atom stereocenters. The second-order valence-electron chi connectivity index (χ2n) is 14.7. The Morgan fingerprint density at radius 3 is 2.05 bits per heavy atom. The van der Waals surface area contributed by atoms with Crippen molar-refractivity contribution in [3.63, 3.8) is 0 Å². The van der Waals surface area contributed by atoms with Gasteiger partial charge in [-0.05, 0) is 25.3 Å². The number of Topliss-reactive ketones (excluding diaryl/α,β-unsaturated/α-hetero) is 1. The van der Waals surface area contributed by atoms with Crippen LogP contribution in [-0.2, 0) is 68.5 Å². The Kier molecular flexibility index (Phi) is 27.5. The monoisotopic (exact) mass is 836 g/mol. The molecule has 5 atom stereocenters. The summed E-state index contributed by atoms with van der Waals surface area (Å²) >= 11 is 0. The highest BCUT2D eigenvalue weighted by Gasteiger charge is 2.58. The number of hydrogen-bond donors (Lipinski definition) is 2. The Morgan fingerprint density at radius 2 is 1.54 bits per heavy atom. The van der Waals surface area contributed by atoms with Crippen LogP contribution < -0.4 is 0 Å². The molecule has 0 bridgehead atoms. The lowest BCUT2D eigenvalue weighted by Gasteiger charge is -2.54. The molecule has 1 aliphatic heterocycles. The summed E-state index contributed by atoms with van der Waals surface area (Å²) < 4.78 is 37.7. The number of carboxylic acid groups (broad SMARTS) is 1. The van der Waals surface area contributed by atoms with Crippen molar-refractivity contribution in [3.8, 4) is 0 Å². The molecule has 334 valence electrons. The van der Waals surface area contributed by atoms with Crippen molar-refractivity contribution in [1.82, 2.24) is 0 Å². The third-order valence-electron chi connectivity index (χ3n) is 9.65. The Bertz CT molecular complexity index is 1470. The molecule has 0 spiro atoms. The predicted molar refractivity (Wildman–Crippen MR) is 219 cm³/mol. The van der Waals surface area contributed by atoms with Gasteiger partial charge in [-0.1, -0.05) is 88.9 Å². The second kappa shape index (κ2) is 29.7. The number of carboxylic acids is 1. The summed E-state index contributed by atoms with van der Waals surface area (Å²) in [6.07, 6.45) is 5.20. The van der Waals surface area contributed by atoms with E-state index in [1.54, 1.807) is 20.8 Å². The maximum absolute atomic E-state index is 13.5. The van der Waals surface area contributed by atoms with E-state index in [1.807, 2.05) is 30.3 Å². The first-order valence-corrected chi connectivity index (χ1v) is 19.9. The average Bonchev–Trinajstić information content (AvgIpc) is 3.22. The lowest BCUT2D eigenvalue weighted by molar-refractivity contribution is -0.340. The van der Waals surface area contributed by atoms with E-state index in [9.17, 15) is 33.9 Å². The molecule has 0 radical (unpaired) electrons. The summed E-state index contributed by atoms with van der Waals surface area (Å²) in [7, 11) is 5.37. The van der Waals surface area contributed by atoms with Crippen molar-refractivity contribution in [2.75, 3.05) is 35.0 Å². The van der Waals surface area contributed by atoms with Crippen LogP contribution in [0.1, 0.15) is 111 Å². The fraction of sp³-hybridized carbons (Fsp3) is 0.636. The molecule has 59 heavy (non-hydrogen) atoms. The fourth-order valence-electron chi connectivity index (χ4n) is 6.24. The van der Waals surface area contributed by atoms with Gasteiger partial charge in [-0.2, -0.15) is 0 Å². The maximum Gasteiger partial charge on any atom is 0.330 e.